The van der Waals surface area contributed by atoms with Crippen LogP contribution in [-0.2, 0) is 23.6 Å². The third kappa shape index (κ3) is 8.02. The summed E-state index contributed by atoms with van der Waals surface area (Å²) in [6.07, 6.45) is 15.2. The summed E-state index contributed by atoms with van der Waals surface area (Å²) in [5.41, 5.74) is 2.68. The van der Waals surface area contributed by atoms with Crippen molar-refractivity contribution in [2.45, 2.75) is 117 Å². The van der Waals surface area contributed by atoms with E-state index >= 15 is 0 Å². The minimum Gasteiger partial charge on any atom is -0.504 e. The number of hydrogen-bond donors (Lipinski definition) is 2. The van der Waals surface area contributed by atoms with Gasteiger partial charge >= 0.3 is 5.97 Å². The summed E-state index contributed by atoms with van der Waals surface area (Å²) in [6, 6.07) is 0. The third-order valence-corrected chi connectivity index (χ3v) is 6.03. The molecule has 2 N–H and O–H groups in total. The molecule has 0 aliphatic carbocycles. The molecule has 0 spiro atoms. The molecule has 1 aromatic carbocycles. The van der Waals surface area contributed by atoms with Gasteiger partial charge in [-0.2, -0.15) is 0 Å². The molecule has 0 fully saturated rings. The van der Waals surface area contributed by atoms with E-state index in [0.29, 0.717) is 12.8 Å². The van der Waals surface area contributed by atoms with E-state index in [2.05, 4.69) is 25.1 Å². The zero-order chi connectivity index (χ0) is 22.4. The Hall–Kier alpha value is -1.42. The number of phenolic OH excluding ortho intramolecular Hbond substituents is 2. The maximum absolute atomic E-state index is 12.4. The van der Waals surface area contributed by atoms with Gasteiger partial charge in [-0.3, -0.25) is 0 Å². The van der Waals surface area contributed by atoms with Crippen molar-refractivity contribution in [3.63, 3.8) is 0 Å². The second kappa shape index (κ2) is 15.4. The summed E-state index contributed by atoms with van der Waals surface area (Å²) in [5.74, 6) is -1.34. The average Bonchev–Trinajstić information content (AvgIpc) is 2.75. The molecule has 0 heterocycles. The van der Waals surface area contributed by atoms with Gasteiger partial charge in [-0.25, -0.2) is 4.79 Å². The van der Waals surface area contributed by atoms with Gasteiger partial charge in [0.25, 0.3) is 0 Å². The lowest BCUT2D eigenvalue weighted by molar-refractivity contribution is 0.0746. The Morgan fingerprint density at radius 1 is 0.667 bits per heavy atom. The molecular weight excluding hydrogens is 400 g/mol. The summed E-state index contributed by atoms with van der Waals surface area (Å²) < 4.78 is 4.45. The van der Waals surface area contributed by atoms with Crippen molar-refractivity contribution in [2.75, 3.05) is 0 Å². The molecule has 0 unspecified atom stereocenters. The average molecular weight is 441 g/mol. The largest absolute Gasteiger partial charge is 0.504 e. The van der Waals surface area contributed by atoms with E-state index in [1.54, 1.807) is 0 Å². The number of phenols is 2. The number of benzene rings is 1. The van der Waals surface area contributed by atoms with Crippen LogP contribution in [0, 0.1) is 0 Å². The standard InChI is InChI=1S/C25H41ClO4/c1-4-7-10-13-16-19-20(17-14-11-8-5-2)22(25(29)30-26)24(28)23(27)21(19)18-15-12-9-6-3/h27-28H,4-18H2,1-3H3. The monoisotopic (exact) mass is 440 g/mol. The third-order valence-electron chi connectivity index (χ3n) is 5.89. The topological polar surface area (TPSA) is 66.8 Å². The van der Waals surface area contributed by atoms with Gasteiger partial charge in [-0.1, -0.05) is 78.6 Å². The van der Waals surface area contributed by atoms with Crippen LogP contribution < -0.4 is 0 Å². The van der Waals surface area contributed by atoms with Gasteiger partial charge in [0.1, 0.15) is 17.4 Å². The second-order valence-electron chi connectivity index (χ2n) is 8.30. The molecule has 1 rings (SSSR count). The quantitative estimate of drug-likeness (QED) is 0.203. The molecule has 5 heteroatoms. The Morgan fingerprint density at radius 2 is 1.10 bits per heavy atom. The van der Waals surface area contributed by atoms with E-state index in [9.17, 15) is 15.0 Å². The summed E-state index contributed by atoms with van der Waals surface area (Å²) >= 11 is 5.38. The highest BCUT2D eigenvalue weighted by Crippen LogP contribution is 2.41. The van der Waals surface area contributed by atoms with Crippen LogP contribution in [0.1, 0.15) is 125 Å². The van der Waals surface area contributed by atoms with E-state index in [1.165, 1.54) is 0 Å². The van der Waals surface area contributed by atoms with Crippen LogP contribution in [0.2, 0.25) is 0 Å². The molecule has 30 heavy (non-hydrogen) atoms. The van der Waals surface area contributed by atoms with Crippen LogP contribution in [0.5, 0.6) is 11.5 Å². The fourth-order valence-corrected chi connectivity index (χ4v) is 4.25. The second-order valence-corrected chi connectivity index (χ2v) is 8.46. The molecule has 0 aromatic heterocycles. The zero-order valence-electron chi connectivity index (χ0n) is 19.2. The Labute approximate surface area is 188 Å². The maximum atomic E-state index is 12.4. The minimum absolute atomic E-state index is 0.0433. The van der Waals surface area contributed by atoms with E-state index in [1.807, 2.05) is 0 Å². The molecule has 0 saturated heterocycles. The Morgan fingerprint density at radius 3 is 1.53 bits per heavy atom. The van der Waals surface area contributed by atoms with E-state index in [-0.39, 0.29) is 17.1 Å². The van der Waals surface area contributed by atoms with E-state index in [4.69, 9.17) is 11.9 Å². The highest BCUT2D eigenvalue weighted by Gasteiger charge is 2.27. The van der Waals surface area contributed by atoms with Crippen molar-refractivity contribution >= 4 is 17.8 Å². The van der Waals surface area contributed by atoms with E-state index < -0.39 is 5.97 Å². The summed E-state index contributed by atoms with van der Waals surface area (Å²) in [5, 5.41) is 21.5. The molecule has 0 atom stereocenters. The van der Waals surface area contributed by atoms with Crippen LogP contribution in [-0.4, -0.2) is 16.2 Å². The number of unbranched alkanes of at least 4 members (excludes halogenated alkanes) is 9. The highest BCUT2D eigenvalue weighted by atomic mass is 35.5. The predicted molar refractivity (Wildman–Crippen MR) is 125 cm³/mol. The summed E-state index contributed by atoms with van der Waals surface area (Å²) in [4.78, 5) is 12.4. The molecule has 0 radical (unpaired) electrons. The number of rotatable bonds is 16. The molecule has 4 nitrogen and oxygen atoms in total. The van der Waals surface area contributed by atoms with Gasteiger partial charge in [0.2, 0.25) is 0 Å². The van der Waals surface area contributed by atoms with Crippen LogP contribution in [0.3, 0.4) is 0 Å². The lowest BCUT2D eigenvalue weighted by Gasteiger charge is -2.21. The molecule has 0 amide bonds. The molecule has 0 aliphatic rings. The first-order valence-corrected chi connectivity index (χ1v) is 12.3. The first-order valence-electron chi connectivity index (χ1n) is 11.9. The molecule has 0 aliphatic heterocycles. The zero-order valence-corrected chi connectivity index (χ0v) is 20.0. The van der Waals surface area contributed by atoms with Crippen molar-refractivity contribution in [3.8, 4) is 11.5 Å². The van der Waals surface area contributed by atoms with Gasteiger partial charge in [-0.05, 0) is 49.7 Å². The van der Waals surface area contributed by atoms with Crippen LogP contribution in [0.15, 0.2) is 0 Å². The normalized spacial score (nSPS) is 11.1. The first-order chi connectivity index (χ1) is 14.5. The Kier molecular flexibility index (Phi) is 13.7. The Balaban J connectivity index is 3.36. The van der Waals surface area contributed by atoms with Crippen LogP contribution in [0.25, 0.3) is 0 Å². The number of carbonyl (C=O) groups excluding carboxylic acids is 1. The van der Waals surface area contributed by atoms with Gasteiger partial charge in [0.05, 0.1) is 0 Å². The Bertz CT molecular complexity index is 643. The number of aromatic hydroxyl groups is 2. The molecule has 1 aromatic rings. The SMILES string of the molecule is CCCCCCc1c(O)c(O)c(C(=O)OCl)c(CCCCCC)c1CCCCCC. The minimum atomic E-state index is -0.790. The van der Waals surface area contributed by atoms with Gasteiger partial charge in [0, 0.05) is 5.56 Å². The van der Waals surface area contributed by atoms with Crippen molar-refractivity contribution in [3.05, 3.63) is 22.3 Å². The maximum Gasteiger partial charge on any atom is 0.360 e. The first kappa shape index (κ1) is 26.6. The van der Waals surface area contributed by atoms with Crippen molar-refractivity contribution in [2.24, 2.45) is 0 Å². The van der Waals surface area contributed by atoms with Crippen LogP contribution >= 0.6 is 11.9 Å². The number of carbonyl (C=O) groups is 1. The molecular formula is C25H41ClO4. The summed E-state index contributed by atoms with van der Waals surface area (Å²) in [6.45, 7) is 6.51. The molecule has 172 valence electrons. The van der Waals surface area contributed by atoms with Crippen molar-refractivity contribution < 1.29 is 19.3 Å². The smallest absolute Gasteiger partial charge is 0.360 e. The summed E-state index contributed by atoms with van der Waals surface area (Å²) in [7, 11) is 0. The number of halogens is 1. The lowest BCUT2D eigenvalue weighted by Crippen LogP contribution is -2.12. The fourth-order valence-electron chi connectivity index (χ4n) is 4.17. The van der Waals surface area contributed by atoms with Crippen molar-refractivity contribution in [1.82, 2.24) is 0 Å². The fraction of sp³-hybridized carbons (Fsp3) is 0.720. The van der Waals surface area contributed by atoms with Crippen LogP contribution in [0.4, 0.5) is 0 Å². The highest BCUT2D eigenvalue weighted by molar-refractivity contribution is 6.16. The lowest BCUT2D eigenvalue weighted by atomic mass is 9.85. The van der Waals surface area contributed by atoms with Gasteiger partial charge in [0.15, 0.2) is 11.5 Å². The molecule has 0 bridgehead atoms. The van der Waals surface area contributed by atoms with Gasteiger partial charge in [-0.15, -0.1) is 0 Å². The van der Waals surface area contributed by atoms with Crippen molar-refractivity contribution in [1.29, 1.82) is 0 Å². The molecule has 0 saturated carbocycles. The number of hydrogen-bond acceptors (Lipinski definition) is 4. The predicted octanol–water partition coefficient (Wildman–Crippen LogP) is 7.78. The van der Waals surface area contributed by atoms with E-state index in [0.717, 1.165) is 100 Å². The van der Waals surface area contributed by atoms with Gasteiger partial charge < -0.3 is 14.5 Å².